The molecule has 0 spiro atoms. The molecule has 0 bridgehead atoms. The summed E-state index contributed by atoms with van der Waals surface area (Å²) >= 11 is 0. The number of piperazine rings is 1. The van der Waals surface area contributed by atoms with Gasteiger partial charge in [0.1, 0.15) is 0 Å². The van der Waals surface area contributed by atoms with E-state index < -0.39 is 0 Å². The first kappa shape index (κ1) is 14.8. The fourth-order valence-electron chi connectivity index (χ4n) is 3.21. The summed E-state index contributed by atoms with van der Waals surface area (Å²) in [5.41, 5.74) is 6.10. The Morgan fingerprint density at radius 3 is 2.32 bits per heavy atom. The molecule has 0 atom stereocenters. The Hall–Kier alpha value is -0.650. The lowest BCUT2D eigenvalue weighted by molar-refractivity contribution is -0.134. The van der Waals surface area contributed by atoms with E-state index in [-0.39, 0.29) is 18.1 Å². The van der Waals surface area contributed by atoms with Gasteiger partial charge in [0.15, 0.2) is 0 Å². The molecule has 2 fully saturated rings. The van der Waals surface area contributed by atoms with Crippen LogP contribution in [0.2, 0.25) is 0 Å². The fraction of sp³-hybridized carbons (Fsp3) is 0.929. The van der Waals surface area contributed by atoms with Crippen LogP contribution in [0.15, 0.2) is 0 Å². The molecule has 19 heavy (non-hydrogen) atoms. The van der Waals surface area contributed by atoms with Gasteiger partial charge in [-0.1, -0.05) is 19.3 Å². The Labute approximate surface area is 115 Å². The van der Waals surface area contributed by atoms with Crippen LogP contribution in [0, 0.1) is 0 Å². The lowest BCUT2D eigenvalue weighted by Gasteiger charge is -2.38. The van der Waals surface area contributed by atoms with Gasteiger partial charge in [-0.3, -0.25) is 9.69 Å². The van der Waals surface area contributed by atoms with Crippen LogP contribution in [-0.4, -0.2) is 65.7 Å². The predicted molar refractivity (Wildman–Crippen MR) is 74.7 cm³/mol. The van der Waals surface area contributed by atoms with Crippen LogP contribution in [0.5, 0.6) is 0 Å². The second kappa shape index (κ2) is 6.68. The normalized spacial score (nSPS) is 24.4. The topological polar surface area (TPSA) is 69.8 Å². The van der Waals surface area contributed by atoms with Gasteiger partial charge in [0.25, 0.3) is 0 Å². The molecular formula is C14H27N3O2. The number of amides is 1. The first-order valence-electron chi connectivity index (χ1n) is 7.53. The summed E-state index contributed by atoms with van der Waals surface area (Å²) in [6.07, 6.45) is 6.06. The van der Waals surface area contributed by atoms with E-state index in [1.165, 1.54) is 6.42 Å². The van der Waals surface area contributed by atoms with Crippen LogP contribution < -0.4 is 5.73 Å². The lowest BCUT2D eigenvalue weighted by atomic mass is 9.80. The van der Waals surface area contributed by atoms with Crippen LogP contribution in [0.3, 0.4) is 0 Å². The SMILES string of the molecule is NC1(CC(=O)N2CCN(CCO)CC2)CCCCC1. The molecule has 1 aliphatic heterocycles. The van der Waals surface area contributed by atoms with Gasteiger partial charge >= 0.3 is 0 Å². The van der Waals surface area contributed by atoms with Crippen LogP contribution >= 0.6 is 0 Å². The van der Waals surface area contributed by atoms with Crippen molar-refractivity contribution < 1.29 is 9.90 Å². The number of hydrogen-bond acceptors (Lipinski definition) is 4. The van der Waals surface area contributed by atoms with Gasteiger partial charge in [0.05, 0.1) is 6.61 Å². The van der Waals surface area contributed by atoms with Crippen LogP contribution in [0.4, 0.5) is 0 Å². The standard InChI is InChI=1S/C14H27N3O2/c15-14(4-2-1-3-5-14)12-13(19)17-8-6-16(7-9-17)10-11-18/h18H,1-12,15H2. The summed E-state index contributed by atoms with van der Waals surface area (Å²) in [5, 5.41) is 8.91. The Kier molecular flexibility index (Phi) is 5.19. The zero-order valence-corrected chi connectivity index (χ0v) is 11.8. The smallest absolute Gasteiger partial charge is 0.224 e. The summed E-state index contributed by atoms with van der Waals surface area (Å²) in [4.78, 5) is 16.5. The van der Waals surface area contributed by atoms with Crippen molar-refractivity contribution in [2.24, 2.45) is 5.73 Å². The molecule has 2 aliphatic rings. The zero-order chi connectivity index (χ0) is 13.7. The molecule has 0 unspecified atom stereocenters. The number of aliphatic hydroxyl groups is 1. The number of carbonyl (C=O) groups is 1. The first-order chi connectivity index (χ1) is 9.13. The second-order valence-corrected chi connectivity index (χ2v) is 6.05. The average molecular weight is 269 g/mol. The number of nitrogens with zero attached hydrogens (tertiary/aromatic N) is 2. The van der Waals surface area contributed by atoms with E-state index in [1.807, 2.05) is 4.90 Å². The summed E-state index contributed by atoms with van der Waals surface area (Å²) in [5.74, 6) is 0.216. The molecule has 0 aromatic carbocycles. The molecule has 0 radical (unpaired) electrons. The summed E-state index contributed by atoms with van der Waals surface area (Å²) in [6.45, 7) is 4.18. The van der Waals surface area contributed by atoms with Crippen molar-refractivity contribution in [1.29, 1.82) is 0 Å². The molecule has 5 nitrogen and oxygen atoms in total. The maximum absolute atomic E-state index is 12.3. The highest BCUT2D eigenvalue weighted by Crippen LogP contribution is 2.29. The Morgan fingerprint density at radius 2 is 1.74 bits per heavy atom. The number of nitrogens with two attached hydrogens (primary N) is 1. The first-order valence-corrected chi connectivity index (χ1v) is 7.53. The fourth-order valence-corrected chi connectivity index (χ4v) is 3.21. The monoisotopic (exact) mass is 269 g/mol. The van der Waals surface area contributed by atoms with Gasteiger partial charge in [0, 0.05) is 44.7 Å². The van der Waals surface area contributed by atoms with Gasteiger partial charge in [-0.2, -0.15) is 0 Å². The quantitative estimate of drug-likeness (QED) is 0.763. The third-order valence-corrected chi connectivity index (χ3v) is 4.49. The summed E-state index contributed by atoms with van der Waals surface area (Å²) < 4.78 is 0. The molecule has 5 heteroatoms. The Bertz CT molecular complexity index is 295. The van der Waals surface area contributed by atoms with E-state index in [9.17, 15) is 4.79 Å². The number of β-amino-alcohol motifs (C(OH)–C–C–N with tert-alkyl or cyclic N) is 1. The largest absolute Gasteiger partial charge is 0.395 e. The lowest BCUT2D eigenvalue weighted by Crippen LogP contribution is -2.52. The number of hydrogen-bond donors (Lipinski definition) is 2. The van der Waals surface area contributed by atoms with E-state index >= 15 is 0 Å². The molecular weight excluding hydrogens is 242 g/mol. The third-order valence-electron chi connectivity index (χ3n) is 4.49. The predicted octanol–water partition coefficient (Wildman–Crippen LogP) is 0.175. The highest BCUT2D eigenvalue weighted by molar-refractivity contribution is 5.77. The van der Waals surface area contributed by atoms with E-state index in [0.717, 1.165) is 51.9 Å². The average Bonchev–Trinajstić information content (AvgIpc) is 2.40. The van der Waals surface area contributed by atoms with Crippen molar-refractivity contribution in [1.82, 2.24) is 9.80 Å². The number of aliphatic hydroxyl groups excluding tert-OH is 1. The molecule has 0 aromatic rings. The van der Waals surface area contributed by atoms with Crippen molar-refractivity contribution in [3.63, 3.8) is 0 Å². The zero-order valence-electron chi connectivity index (χ0n) is 11.8. The van der Waals surface area contributed by atoms with Gasteiger partial charge in [-0.05, 0) is 12.8 Å². The van der Waals surface area contributed by atoms with Gasteiger partial charge in [0.2, 0.25) is 5.91 Å². The van der Waals surface area contributed by atoms with Crippen LogP contribution in [-0.2, 0) is 4.79 Å². The number of rotatable bonds is 4. The Morgan fingerprint density at radius 1 is 1.11 bits per heavy atom. The second-order valence-electron chi connectivity index (χ2n) is 6.05. The maximum Gasteiger partial charge on any atom is 0.224 e. The molecule has 3 N–H and O–H groups in total. The van der Waals surface area contributed by atoms with Gasteiger partial charge < -0.3 is 15.7 Å². The molecule has 1 aliphatic carbocycles. The van der Waals surface area contributed by atoms with Crippen molar-refractivity contribution in [2.75, 3.05) is 39.3 Å². The molecule has 1 amide bonds. The van der Waals surface area contributed by atoms with E-state index in [0.29, 0.717) is 13.0 Å². The Balaban J connectivity index is 1.77. The maximum atomic E-state index is 12.3. The van der Waals surface area contributed by atoms with E-state index in [1.54, 1.807) is 0 Å². The molecule has 1 saturated heterocycles. The van der Waals surface area contributed by atoms with Gasteiger partial charge in [-0.25, -0.2) is 0 Å². The molecule has 2 rings (SSSR count). The van der Waals surface area contributed by atoms with Crippen molar-refractivity contribution in [2.45, 2.75) is 44.1 Å². The molecule has 110 valence electrons. The van der Waals surface area contributed by atoms with Gasteiger partial charge in [-0.15, -0.1) is 0 Å². The highest BCUT2D eigenvalue weighted by Gasteiger charge is 2.32. The summed E-state index contributed by atoms with van der Waals surface area (Å²) in [7, 11) is 0. The third kappa shape index (κ3) is 4.16. The van der Waals surface area contributed by atoms with E-state index in [2.05, 4.69) is 4.90 Å². The van der Waals surface area contributed by atoms with Crippen LogP contribution in [0.25, 0.3) is 0 Å². The molecule has 1 saturated carbocycles. The van der Waals surface area contributed by atoms with Crippen molar-refractivity contribution in [3.05, 3.63) is 0 Å². The minimum Gasteiger partial charge on any atom is -0.395 e. The summed E-state index contributed by atoms with van der Waals surface area (Å²) in [6, 6.07) is 0. The highest BCUT2D eigenvalue weighted by atomic mass is 16.3. The van der Waals surface area contributed by atoms with Crippen LogP contribution in [0.1, 0.15) is 38.5 Å². The van der Waals surface area contributed by atoms with Crippen molar-refractivity contribution in [3.8, 4) is 0 Å². The minimum atomic E-state index is -0.252. The number of carbonyl (C=O) groups excluding carboxylic acids is 1. The van der Waals surface area contributed by atoms with E-state index in [4.69, 9.17) is 10.8 Å². The molecule has 1 heterocycles. The van der Waals surface area contributed by atoms with Crippen molar-refractivity contribution >= 4 is 5.91 Å². The minimum absolute atomic E-state index is 0.194. The molecule has 0 aromatic heterocycles.